The van der Waals surface area contributed by atoms with Gasteiger partial charge >= 0.3 is 5.97 Å². The first-order valence-electron chi connectivity index (χ1n) is 7.74. The van der Waals surface area contributed by atoms with Crippen molar-refractivity contribution in [2.45, 2.75) is 33.0 Å². The molecule has 1 aromatic carbocycles. The van der Waals surface area contributed by atoms with E-state index in [1.165, 1.54) is 17.4 Å². The van der Waals surface area contributed by atoms with Crippen LogP contribution < -0.4 is 0 Å². The number of hydrogen-bond donors (Lipinski definition) is 0. The maximum absolute atomic E-state index is 11.3. The number of rotatable bonds is 5. The van der Waals surface area contributed by atoms with Crippen molar-refractivity contribution in [1.82, 2.24) is 19.9 Å². The van der Waals surface area contributed by atoms with Gasteiger partial charge in [0.15, 0.2) is 0 Å². The number of carbonyl (C=O) groups is 1. The van der Waals surface area contributed by atoms with Gasteiger partial charge in [0.25, 0.3) is 0 Å². The van der Waals surface area contributed by atoms with Gasteiger partial charge in [-0.05, 0) is 11.0 Å². The van der Waals surface area contributed by atoms with Crippen LogP contribution in [0.5, 0.6) is 0 Å². The van der Waals surface area contributed by atoms with Gasteiger partial charge < -0.3 is 4.74 Å². The van der Waals surface area contributed by atoms with Gasteiger partial charge in [0.2, 0.25) is 0 Å². The Hall–Kier alpha value is -2.21. The molecule has 0 aliphatic carbocycles. The number of aromatic nitrogens is 3. The lowest BCUT2D eigenvalue weighted by atomic mass is 9.71. The first-order chi connectivity index (χ1) is 11.0. The smallest absolute Gasteiger partial charge is 0.327 e. The van der Waals surface area contributed by atoms with E-state index in [-0.39, 0.29) is 17.9 Å². The van der Waals surface area contributed by atoms with Crippen molar-refractivity contribution in [2.24, 2.45) is 5.41 Å². The Bertz CT molecular complexity index is 681. The van der Waals surface area contributed by atoms with Crippen LogP contribution in [-0.2, 0) is 22.6 Å². The summed E-state index contributed by atoms with van der Waals surface area (Å²) in [7, 11) is 1.37. The topological polar surface area (TPSA) is 60.2 Å². The highest BCUT2D eigenvalue weighted by Crippen LogP contribution is 2.48. The van der Waals surface area contributed by atoms with Crippen molar-refractivity contribution < 1.29 is 9.53 Å². The molecule has 0 bridgehead atoms. The average molecular weight is 314 g/mol. The Morgan fingerprint density at radius 3 is 2.74 bits per heavy atom. The first kappa shape index (κ1) is 15.7. The third kappa shape index (κ3) is 3.27. The lowest BCUT2D eigenvalue weighted by Gasteiger charge is -2.54. The lowest BCUT2D eigenvalue weighted by molar-refractivity contribution is -0.141. The van der Waals surface area contributed by atoms with E-state index in [4.69, 9.17) is 0 Å². The third-order valence-electron chi connectivity index (χ3n) is 4.30. The van der Waals surface area contributed by atoms with Crippen LogP contribution in [0.15, 0.2) is 36.5 Å². The Balaban J connectivity index is 1.69. The predicted octanol–water partition coefficient (Wildman–Crippen LogP) is 2.03. The first-order valence-corrected chi connectivity index (χ1v) is 7.74. The van der Waals surface area contributed by atoms with Crippen LogP contribution >= 0.6 is 0 Å². The second-order valence-electron chi connectivity index (χ2n) is 6.69. The van der Waals surface area contributed by atoms with Crippen LogP contribution in [0.25, 0.3) is 0 Å². The minimum Gasteiger partial charge on any atom is -0.468 e. The van der Waals surface area contributed by atoms with E-state index in [9.17, 15) is 4.79 Å². The molecular formula is C17H22N4O2. The Kier molecular flexibility index (Phi) is 4.17. The summed E-state index contributed by atoms with van der Waals surface area (Å²) in [5, 5.41) is 8.15. The highest BCUT2D eigenvalue weighted by molar-refractivity contribution is 5.68. The number of likely N-dealkylation sites (tertiary alicyclic amines) is 1. The van der Waals surface area contributed by atoms with Gasteiger partial charge in [-0.3, -0.25) is 9.69 Å². The quantitative estimate of drug-likeness (QED) is 0.790. The Labute approximate surface area is 136 Å². The van der Waals surface area contributed by atoms with E-state index >= 15 is 0 Å². The van der Waals surface area contributed by atoms with Crippen molar-refractivity contribution >= 4 is 5.97 Å². The minimum absolute atomic E-state index is 0.0944. The zero-order valence-electron chi connectivity index (χ0n) is 13.8. The largest absolute Gasteiger partial charge is 0.468 e. The molecule has 1 unspecified atom stereocenters. The molecular weight excluding hydrogens is 292 g/mol. The molecule has 0 amide bonds. The number of ether oxygens (including phenoxy) is 1. The summed E-state index contributed by atoms with van der Waals surface area (Å²) in [6.07, 6.45) is 1.81. The fourth-order valence-corrected chi connectivity index (χ4v) is 3.42. The molecule has 1 atom stereocenters. The molecule has 1 fully saturated rings. The zero-order chi connectivity index (χ0) is 16.4. The SMILES string of the molecule is COC(=O)Cn1cc(CN2CC(C)(C)C2c2ccccc2)nn1. The second-order valence-corrected chi connectivity index (χ2v) is 6.69. The van der Waals surface area contributed by atoms with E-state index in [0.717, 1.165) is 18.8 Å². The monoisotopic (exact) mass is 314 g/mol. The van der Waals surface area contributed by atoms with Crippen molar-refractivity contribution in [2.75, 3.05) is 13.7 Å². The summed E-state index contributed by atoms with van der Waals surface area (Å²) in [4.78, 5) is 13.7. The van der Waals surface area contributed by atoms with Gasteiger partial charge in [-0.15, -0.1) is 5.10 Å². The third-order valence-corrected chi connectivity index (χ3v) is 4.30. The van der Waals surface area contributed by atoms with Gasteiger partial charge in [-0.2, -0.15) is 0 Å². The molecule has 2 aromatic rings. The zero-order valence-corrected chi connectivity index (χ0v) is 13.8. The maximum atomic E-state index is 11.3. The maximum Gasteiger partial charge on any atom is 0.327 e. The summed E-state index contributed by atoms with van der Waals surface area (Å²) >= 11 is 0. The van der Waals surface area contributed by atoms with Crippen LogP contribution in [0.3, 0.4) is 0 Å². The normalized spacial score (nSPS) is 20.0. The summed E-state index contributed by atoms with van der Waals surface area (Å²) in [6.45, 7) is 6.40. The van der Waals surface area contributed by atoms with Crippen molar-refractivity contribution in [3.63, 3.8) is 0 Å². The van der Waals surface area contributed by atoms with Gasteiger partial charge in [0.1, 0.15) is 6.54 Å². The van der Waals surface area contributed by atoms with E-state index < -0.39 is 0 Å². The molecule has 6 nitrogen and oxygen atoms in total. The predicted molar refractivity (Wildman–Crippen MR) is 85.4 cm³/mol. The van der Waals surface area contributed by atoms with Crippen LogP contribution in [-0.4, -0.2) is 39.5 Å². The molecule has 3 rings (SSSR count). The molecule has 0 saturated carbocycles. The molecule has 0 N–H and O–H groups in total. The minimum atomic E-state index is -0.325. The molecule has 23 heavy (non-hydrogen) atoms. The average Bonchev–Trinajstić information content (AvgIpc) is 2.94. The van der Waals surface area contributed by atoms with E-state index in [1.54, 1.807) is 0 Å². The molecule has 1 saturated heterocycles. The fourth-order valence-electron chi connectivity index (χ4n) is 3.42. The number of carbonyl (C=O) groups excluding carboxylic acids is 1. The summed E-state index contributed by atoms with van der Waals surface area (Å²) < 4.78 is 6.16. The summed E-state index contributed by atoms with van der Waals surface area (Å²) in [5.74, 6) is -0.325. The van der Waals surface area contributed by atoms with Gasteiger partial charge in [-0.25, -0.2) is 4.68 Å². The number of methoxy groups -OCH3 is 1. The van der Waals surface area contributed by atoms with Crippen LogP contribution in [0, 0.1) is 5.41 Å². The molecule has 122 valence electrons. The lowest BCUT2D eigenvalue weighted by Crippen LogP contribution is -2.54. The van der Waals surface area contributed by atoms with E-state index in [1.807, 2.05) is 12.3 Å². The van der Waals surface area contributed by atoms with E-state index in [2.05, 4.69) is 58.1 Å². The highest BCUT2D eigenvalue weighted by atomic mass is 16.5. The number of benzene rings is 1. The molecule has 0 spiro atoms. The van der Waals surface area contributed by atoms with Crippen LogP contribution in [0.4, 0.5) is 0 Å². The van der Waals surface area contributed by atoms with Gasteiger partial charge in [0.05, 0.1) is 19.0 Å². The number of esters is 1. The van der Waals surface area contributed by atoms with Crippen molar-refractivity contribution in [3.05, 3.63) is 47.8 Å². The summed E-state index contributed by atoms with van der Waals surface area (Å²) in [6, 6.07) is 10.9. The second kappa shape index (κ2) is 6.12. The molecule has 2 heterocycles. The van der Waals surface area contributed by atoms with Crippen molar-refractivity contribution in [1.29, 1.82) is 0 Å². The fraction of sp³-hybridized carbons (Fsp3) is 0.471. The van der Waals surface area contributed by atoms with Crippen LogP contribution in [0.1, 0.15) is 31.1 Å². The number of nitrogens with zero attached hydrogens (tertiary/aromatic N) is 4. The molecule has 1 aliphatic heterocycles. The van der Waals surface area contributed by atoms with Crippen LogP contribution in [0.2, 0.25) is 0 Å². The van der Waals surface area contributed by atoms with Gasteiger partial charge in [-0.1, -0.05) is 49.4 Å². The standard InChI is InChI=1S/C17H22N4O2/c1-17(2)12-20(16(17)13-7-5-4-6-8-13)9-14-10-21(19-18-14)11-15(22)23-3/h4-8,10,16H,9,11-12H2,1-3H3. The Morgan fingerprint density at radius 1 is 1.35 bits per heavy atom. The molecule has 6 heteroatoms. The van der Waals surface area contributed by atoms with Gasteiger partial charge in [0, 0.05) is 19.1 Å². The summed E-state index contributed by atoms with van der Waals surface area (Å²) in [5.41, 5.74) is 2.43. The molecule has 1 aromatic heterocycles. The molecule has 1 aliphatic rings. The highest BCUT2D eigenvalue weighted by Gasteiger charge is 2.46. The molecule has 0 radical (unpaired) electrons. The van der Waals surface area contributed by atoms with E-state index in [0.29, 0.717) is 6.04 Å². The van der Waals surface area contributed by atoms with Crippen molar-refractivity contribution in [3.8, 4) is 0 Å². The number of hydrogen-bond acceptors (Lipinski definition) is 5. The Morgan fingerprint density at radius 2 is 2.09 bits per heavy atom.